The van der Waals surface area contributed by atoms with Crippen LogP contribution in [0, 0.1) is 5.92 Å². The van der Waals surface area contributed by atoms with Crippen molar-refractivity contribution in [3.63, 3.8) is 0 Å². The van der Waals surface area contributed by atoms with E-state index in [-0.39, 0.29) is 5.92 Å². The molecule has 1 amide bonds. The van der Waals surface area contributed by atoms with Crippen molar-refractivity contribution in [3.8, 4) is 11.5 Å². The van der Waals surface area contributed by atoms with Gasteiger partial charge in [0.1, 0.15) is 11.5 Å². The number of sulfonamides is 1. The lowest BCUT2D eigenvalue weighted by atomic mass is 10.2. The van der Waals surface area contributed by atoms with Crippen LogP contribution in [0.4, 0.5) is 11.4 Å². The van der Waals surface area contributed by atoms with Crippen LogP contribution in [0.15, 0.2) is 48.5 Å². The smallest absolute Gasteiger partial charge is 0.250 e. The number of amides is 1. The number of methoxy groups -OCH3 is 1. The van der Waals surface area contributed by atoms with Gasteiger partial charge in [0.2, 0.25) is 15.9 Å². The lowest BCUT2D eigenvalue weighted by molar-refractivity contribution is -0.116. The molecule has 0 unspecified atom stereocenters. The summed E-state index contributed by atoms with van der Waals surface area (Å²) in [7, 11) is -2.25. The molecule has 1 saturated heterocycles. The number of rotatable bonds is 6. The summed E-state index contributed by atoms with van der Waals surface area (Å²) in [6.45, 7) is 2.75. The maximum atomic E-state index is 13.2. The molecule has 148 valence electrons. The Labute approximate surface area is 164 Å². The van der Waals surface area contributed by atoms with Gasteiger partial charge in [-0.25, -0.2) is 8.42 Å². The van der Waals surface area contributed by atoms with E-state index in [4.69, 9.17) is 9.47 Å². The van der Waals surface area contributed by atoms with E-state index in [0.717, 1.165) is 0 Å². The van der Waals surface area contributed by atoms with Gasteiger partial charge in [-0.3, -0.25) is 9.10 Å². The number of carbonyl (C=O) groups is 1. The topological polar surface area (TPSA) is 84.9 Å². The quantitative estimate of drug-likeness (QED) is 0.803. The molecule has 1 N–H and O–H groups in total. The number of nitrogens with one attached hydrogen (secondary N) is 1. The summed E-state index contributed by atoms with van der Waals surface area (Å²) < 4.78 is 36.8. The second kappa shape index (κ2) is 6.70. The molecular weight excluding hydrogens is 380 g/mol. The molecule has 0 radical (unpaired) electrons. The molecule has 0 bridgehead atoms. The van der Waals surface area contributed by atoms with E-state index in [9.17, 15) is 13.2 Å². The number of fused-ring (bicyclic) bond motifs is 1. The number of carbonyl (C=O) groups excluding carboxylic acids is 1. The number of anilines is 2. The number of ether oxygens (including phenoxy) is 2. The molecule has 2 aliphatic rings. The molecule has 1 aliphatic carbocycles. The zero-order chi connectivity index (χ0) is 19.9. The minimum Gasteiger partial charge on any atom is -0.497 e. The van der Waals surface area contributed by atoms with Crippen molar-refractivity contribution in [2.75, 3.05) is 29.9 Å². The number of benzene rings is 2. The zero-order valence-corrected chi connectivity index (χ0v) is 16.5. The highest BCUT2D eigenvalue weighted by atomic mass is 32.2. The highest BCUT2D eigenvalue weighted by molar-refractivity contribution is 7.95. The van der Waals surface area contributed by atoms with Crippen molar-refractivity contribution < 1.29 is 22.7 Å². The van der Waals surface area contributed by atoms with E-state index in [1.807, 2.05) is 6.92 Å². The Morgan fingerprint density at radius 2 is 1.79 bits per heavy atom. The van der Waals surface area contributed by atoms with Gasteiger partial charge in [-0.15, -0.1) is 0 Å². The lowest BCUT2D eigenvalue weighted by Gasteiger charge is -2.23. The molecule has 1 saturated carbocycles. The van der Waals surface area contributed by atoms with Gasteiger partial charge < -0.3 is 14.8 Å². The van der Waals surface area contributed by atoms with E-state index in [0.29, 0.717) is 42.4 Å². The molecule has 2 fully saturated rings. The molecule has 0 spiro atoms. The third-order valence-corrected chi connectivity index (χ3v) is 7.90. The molecule has 2 atom stereocenters. The molecule has 8 heteroatoms. The summed E-state index contributed by atoms with van der Waals surface area (Å²) in [6.07, 6.45) is 0.352. The number of hydrogen-bond donors (Lipinski definition) is 1. The van der Waals surface area contributed by atoms with E-state index in [2.05, 4.69) is 5.32 Å². The fraction of sp³-hybridized carbons (Fsp3) is 0.350. The van der Waals surface area contributed by atoms with Gasteiger partial charge in [-0.2, -0.15) is 0 Å². The largest absolute Gasteiger partial charge is 0.497 e. The third-order valence-electron chi connectivity index (χ3n) is 5.35. The molecular formula is C20H22N2O5S. The average Bonchev–Trinajstić information content (AvgIpc) is 3.39. The Balaban J connectivity index is 1.54. The molecule has 1 aliphatic heterocycles. The van der Waals surface area contributed by atoms with Gasteiger partial charge in [-0.05, 0) is 61.9 Å². The predicted molar refractivity (Wildman–Crippen MR) is 106 cm³/mol. The van der Waals surface area contributed by atoms with Crippen LogP contribution < -0.4 is 19.1 Å². The van der Waals surface area contributed by atoms with Crippen LogP contribution in [-0.2, 0) is 14.8 Å². The van der Waals surface area contributed by atoms with E-state index in [1.165, 1.54) is 4.31 Å². The van der Waals surface area contributed by atoms with Crippen LogP contribution in [0.2, 0.25) is 0 Å². The predicted octanol–water partition coefficient (Wildman–Crippen LogP) is 2.64. The Kier molecular flexibility index (Phi) is 4.45. The van der Waals surface area contributed by atoms with Crippen molar-refractivity contribution in [3.05, 3.63) is 48.5 Å². The van der Waals surface area contributed by atoms with Gasteiger partial charge in [-0.1, -0.05) is 0 Å². The van der Waals surface area contributed by atoms with Crippen molar-refractivity contribution in [2.24, 2.45) is 5.92 Å². The molecule has 4 rings (SSSR count). The molecule has 1 heterocycles. The highest BCUT2D eigenvalue weighted by Gasteiger charge is 2.75. The zero-order valence-electron chi connectivity index (χ0n) is 15.7. The van der Waals surface area contributed by atoms with E-state index in [1.54, 1.807) is 55.6 Å². The molecule has 2 aromatic rings. The van der Waals surface area contributed by atoms with Crippen LogP contribution in [0.25, 0.3) is 0 Å². The van der Waals surface area contributed by atoms with Crippen molar-refractivity contribution in [1.29, 1.82) is 0 Å². The Bertz CT molecular complexity index is 988. The first-order valence-electron chi connectivity index (χ1n) is 9.13. The summed E-state index contributed by atoms with van der Waals surface area (Å²) in [5.41, 5.74) is 1.09. The monoisotopic (exact) mass is 402 g/mol. The van der Waals surface area contributed by atoms with Gasteiger partial charge in [0.15, 0.2) is 4.75 Å². The van der Waals surface area contributed by atoms with Crippen LogP contribution >= 0.6 is 0 Å². The van der Waals surface area contributed by atoms with Crippen LogP contribution in [0.5, 0.6) is 11.5 Å². The maximum absolute atomic E-state index is 13.2. The Hall–Kier alpha value is -2.74. The molecule has 7 nitrogen and oxygen atoms in total. The normalized spacial score (nSPS) is 24.4. The second-order valence-corrected chi connectivity index (χ2v) is 9.06. The molecule has 2 aromatic carbocycles. The van der Waals surface area contributed by atoms with Gasteiger partial charge in [0.25, 0.3) is 0 Å². The fourth-order valence-electron chi connectivity index (χ4n) is 3.76. The Morgan fingerprint density at radius 1 is 1.14 bits per heavy atom. The minimum atomic E-state index is -3.81. The molecule has 0 aromatic heterocycles. The fourth-order valence-corrected chi connectivity index (χ4v) is 6.12. The van der Waals surface area contributed by atoms with Gasteiger partial charge in [0, 0.05) is 18.2 Å². The van der Waals surface area contributed by atoms with Crippen LogP contribution in [-0.4, -0.2) is 39.3 Å². The summed E-state index contributed by atoms with van der Waals surface area (Å²) in [4.78, 5) is 12.9. The third kappa shape index (κ3) is 2.79. The average molecular weight is 402 g/mol. The van der Waals surface area contributed by atoms with Crippen molar-refractivity contribution >= 4 is 27.3 Å². The summed E-state index contributed by atoms with van der Waals surface area (Å²) in [5, 5.41) is 2.76. The first-order valence-corrected chi connectivity index (χ1v) is 10.6. The van der Waals surface area contributed by atoms with E-state index < -0.39 is 20.7 Å². The van der Waals surface area contributed by atoms with Crippen LogP contribution in [0.1, 0.15) is 13.3 Å². The molecule has 28 heavy (non-hydrogen) atoms. The number of hydrogen-bond acceptors (Lipinski definition) is 5. The SMILES string of the molecule is CCOc1ccc(NC(=O)[C@@]23C[C@H]2CN(c2ccc(OC)cc2)S3(=O)=O)cc1. The maximum Gasteiger partial charge on any atom is 0.250 e. The summed E-state index contributed by atoms with van der Waals surface area (Å²) >= 11 is 0. The van der Waals surface area contributed by atoms with Gasteiger partial charge in [0.05, 0.1) is 19.4 Å². The van der Waals surface area contributed by atoms with Crippen LogP contribution in [0.3, 0.4) is 0 Å². The van der Waals surface area contributed by atoms with Crippen molar-refractivity contribution in [1.82, 2.24) is 0 Å². The summed E-state index contributed by atoms with van der Waals surface area (Å²) in [6, 6.07) is 13.7. The standard InChI is InChI=1S/C20H22N2O5S/c1-3-27-18-8-4-15(5-9-18)21-19(23)20-12-14(20)13-22(28(20,24)25)16-6-10-17(26-2)11-7-16/h4-11,14H,3,12-13H2,1-2H3,(H,21,23)/t14-,20+/m0/s1. The van der Waals surface area contributed by atoms with Crippen molar-refractivity contribution in [2.45, 2.75) is 18.1 Å². The first-order chi connectivity index (χ1) is 13.4. The van der Waals surface area contributed by atoms with E-state index >= 15 is 0 Å². The summed E-state index contributed by atoms with van der Waals surface area (Å²) in [5.74, 6) is 0.663. The Morgan fingerprint density at radius 3 is 2.39 bits per heavy atom. The lowest BCUT2D eigenvalue weighted by Crippen LogP contribution is -2.42. The highest BCUT2D eigenvalue weighted by Crippen LogP contribution is 2.58. The first kappa shape index (κ1) is 18.6. The number of nitrogens with zero attached hydrogens (tertiary/aromatic N) is 1. The second-order valence-electron chi connectivity index (χ2n) is 6.94. The minimum absolute atomic E-state index is 0.206. The van der Waals surface area contributed by atoms with Gasteiger partial charge >= 0.3 is 0 Å².